The average molecular weight is 328 g/mol. The summed E-state index contributed by atoms with van der Waals surface area (Å²) in [5, 5.41) is 0. The lowest BCUT2D eigenvalue weighted by Crippen LogP contribution is -2.21. The highest BCUT2D eigenvalue weighted by molar-refractivity contribution is 5.90. The van der Waals surface area contributed by atoms with Gasteiger partial charge in [-0.15, -0.1) is 0 Å². The van der Waals surface area contributed by atoms with Crippen LogP contribution in [0.15, 0.2) is 36.0 Å². The van der Waals surface area contributed by atoms with Crippen molar-refractivity contribution in [3.8, 4) is 5.75 Å². The summed E-state index contributed by atoms with van der Waals surface area (Å²) in [5.41, 5.74) is 1.92. The predicted molar refractivity (Wildman–Crippen MR) is 96.9 cm³/mol. The van der Waals surface area contributed by atoms with E-state index in [4.69, 9.17) is 16.0 Å². The molecule has 0 atom stereocenters. The van der Waals surface area contributed by atoms with Crippen molar-refractivity contribution >= 4 is 17.7 Å². The predicted octanol–water partition coefficient (Wildman–Crippen LogP) is 3.92. The minimum Gasteiger partial charge on any atom is -0.496 e. The molecule has 0 aromatic heterocycles. The van der Waals surface area contributed by atoms with Crippen LogP contribution in [0.4, 0.5) is 5.69 Å². The van der Waals surface area contributed by atoms with Gasteiger partial charge in [-0.1, -0.05) is 12.2 Å². The van der Waals surface area contributed by atoms with Crippen molar-refractivity contribution in [1.82, 2.24) is 0 Å². The van der Waals surface area contributed by atoms with E-state index in [1.54, 1.807) is 26.2 Å². The summed E-state index contributed by atoms with van der Waals surface area (Å²) in [4.78, 5) is 17.0. The molecule has 0 spiro atoms. The first kappa shape index (κ1) is 19.3. The molecule has 128 valence electrons. The van der Waals surface area contributed by atoms with Crippen LogP contribution in [0.25, 0.3) is 10.9 Å². The maximum Gasteiger partial charge on any atom is 0.336 e. The minimum absolute atomic E-state index is 0.0492. The summed E-state index contributed by atoms with van der Waals surface area (Å²) >= 11 is 0. The van der Waals surface area contributed by atoms with E-state index in [0.717, 1.165) is 30.1 Å². The van der Waals surface area contributed by atoms with Crippen LogP contribution in [0, 0.1) is 6.57 Å². The van der Waals surface area contributed by atoms with Gasteiger partial charge in [-0.25, -0.2) is 4.85 Å². The molecule has 0 radical (unpaired) electrons. The molecule has 0 aliphatic heterocycles. The molecule has 0 N–H and O–H groups in total. The third kappa shape index (κ3) is 5.17. The van der Waals surface area contributed by atoms with Gasteiger partial charge in [0.25, 0.3) is 5.70 Å². The number of benzene rings is 1. The number of anilines is 1. The van der Waals surface area contributed by atoms with Crippen LogP contribution in [0.1, 0.15) is 26.3 Å². The second-order valence-electron chi connectivity index (χ2n) is 4.84. The van der Waals surface area contributed by atoms with Crippen LogP contribution < -0.4 is 9.64 Å². The lowest BCUT2D eigenvalue weighted by molar-refractivity contribution is -0.138. The summed E-state index contributed by atoms with van der Waals surface area (Å²) in [6.45, 7) is 15.1. The number of carbonyl (C=O) groups is 1. The molecule has 5 heteroatoms. The van der Waals surface area contributed by atoms with Crippen molar-refractivity contribution in [2.75, 3.05) is 31.7 Å². The standard InChI is InChI=1S/C19H24N2O3/c1-6-21(7-2)16-13-12-15(18(14-16)23-5)10-9-11-17(20-4)19(22)24-8-3/h9-14H,6-8H2,1-3,5H3. The highest BCUT2D eigenvalue weighted by Crippen LogP contribution is 2.26. The molecule has 0 fully saturated rings. The first-order valence-electron chi connectivity index (χ1n) is 7.97. The number of hydrogen-bond donors (Lipinski definition) is 0. The number of rotatable bonds is 8. The van der Waals surface area contributed by atoms with Crippen LogP contribution in [0.2, 0.25) is 0 Å². The summed E-state index contributed by atoms with van der Waals surface area (Å²) < 4.78 is 10.3. The fourth-order valence-corrected chi connectivity index (χ4v) is 2.22. The zero-order valence-corrected chi connectivity index (χ0v) is 14.7. The van der Waals surface area contributed by atoms with Crippen molar-refractivity contribution in [3.05, 3.63) is 53.0 Å². The van der Waals surface area contributed by atoms with Gasteiger partial charge in [0.1, 0.15) is 5.75 Å². The maximum atomic E-state index is 11.6. The van der Waals surface area contributed by atoms with Gasteiger partial charge in [0.05, 0.1) is 20.3 Å². The molecule has 0 bridgehead atoms. The molecule has 0 saturated heterocycles. The first-order chi connectivity index (χ1) is 11.6. The molecule has 0 amide bonds. The Balaban J connectivity index is 3.02. The number of methoxy groups -OCH3 is 1. The van der Waals surface area contributed by atoms with Crippen LogP contribution in [0.3, 0.4) is 0 Å². The van der Waals surface area contributed by atoms with E-state index in [-0.39, 0.29) is 12.3 Å². The van der Waals surface area contributed by atoms with E-state index in [1.165, 1.54) is 6.08 Å². The molecular weight excluding hydrogens is 304 g/mol. The van der Waals surface area contributed by atoms with Crippen molar-refractivity contribution in [1.29, 1.82) is 0 Å². The summed E-state index contributed by atoms with van der Waals surface area (Å²) in [6, 6.07) is 5.97. The Morgan fingerprint density at radius 1 is 1.29 bits per heavy atom. The van der Waals surface area contributed by atoms with E-state index >= 15 is 0 Å². The molecule has 24 heavy (non-hydrogen) atoms. The first-order valence-corrected chi connectivity index (χ1v) is 7.97. The van der Waals surface area contributed by atoms with E-state index in [9.17, 15) is 4.79 Å². The zero-order chi connectivity index (χ0) is 17.9. The topological polar surface area (TPSA) is 43.1 Å². The SMILES string of the molecule is [C-]#[N+]C(=CC=Cc1ccc(N(CC)CC)cc1OC)C(=O)OCC. The molecule has 0 aliphatic carbocycles. The molecule has 1 aromatic carbocycles. The minimum atomic E-state index is -0.610. The highest BCUT2D eigenvalue weighted by Gasteiger charge is 2.09. The van der Waals surface area contributed by atoms with Gasteiger partial charge in [-0.3, -0.25) is 4.79 Å². The number of allylic oxidation sites excluding steroid dienone is 2. The van der Waals surface area contributed by atoms with Crippen LogP contribution in [-0.2, 0) is 9.53 Å². The molecule has 0 unspecified atom stereocenters. The second kappa shape index (κ2) is 10.1. The zero-order valence-electron chi connectivity index (χ0n) is 14.7. The van der Waals surface area contributed by atoms with Gasteiger partial charge in [-0.2, -0.15) is 0 Å². The Hall–Kier alpha value is -2.74. The number of nitrogens with zero attached hydrogens (tertiary/aromatic N) is 2. The Bertz CT molecular complexity index is 653. The lowest BCUT2D eigenvalue weighted by Gasteiger charge is -2.22. The van der Waals surface area contributed by atoms with Crippen molar-refractivity contribution in [2.24, 2.45) is 0 Å². The fraction of sp³-hybridized carbons (Fsp3) is 0.368. The molecule has 0 aliphatic rings. The monoisotopic (exact) mass is 328 g/mol. The Labute approximate surface area is 144 Å². The van der Waals surface area contributed by atoms with Crippen LogP contribution >= 0.6 is 0 Å². The van der Waals surface area contributed by atoms with Gasteiger partial charge in [-0.05, 0) is 39.0 Å². The highest BCUT2D eigenvalue weighted by atomic mass is 16.5. The van der Waals surface area contributed by atoms with Crippen LogP contribution in [-0.4, -0.2) is 32.8 Å². The van der Waals surface area contributed by atoms with E-state index in [0.29, 0.717) is 0 Å². The van der Waals surface area contributed by atoms with E-state index < -0.39 is 5.97 Å². The van der Waals surface area contributed by atoms with Crippen molar-refractivity contribution in [3.63, 3.8) is 0 Å². The normalized spacial score (nSPS) is 11.2. The maximum absolute atomic E-state index is 11.6. The Morgan fingerprint density at radius 3 is 2.54 bits per heavy atom. The molecule has 0 saturated carbocycles. The van der Waals surface area contributed by atoms with Gasteiger partial charge >= 0.3 is 5.97 Å². The molecule has 0 heterocycles. The third-order valence-corrected chi connectivity index (χ3v) is 3.48. The second-order valence-corrected chi connectivity index (χ2v) is 4.84. The molecule has 1 rings (SSSR count). The quantitative estimate of drug-likeness (QED) is 0.314. The largest absolute Gasteiger partial charge is 0.496 e. The summed E-state index contributed by atoms with van der Waals surface area (Å²) in [5.74, 6) is 0.130. The number of carbonyl (C=O) groups excluding carboxylic acids is 1. The molecular formula is C19H24N2O3. The van der Waals surface area contributed by atoms with Gasteiger partial charge in [0, 0.05) is 30.4 Å². The van der Waals surface area contributed by atoms with Crippen molar-refractivity contribution in [2.45, 2.75) is 20.8 Å². The van der Waals surface area contributed by atoms with Gasteiger partial charge < -0.3 is 14.4 Å². The fourth-order valence-electron chi connectivity index (χ4n) is 2.22. The molecule has 5 nitrogen and oxygen atoms in total. The van der Waals surface area contributed by atoms with E-state index in [2.05, 4.69) is 23.6 Å². The summed E-state index contributed by atoms with van der Waals surface area (Å²) in [6.07, 6.45) is 4.90. The number of ether oxygens (including phenoxy) is 2. The van der Waals surface area contributed by atoms with Crippen LogP contribution in [0.5, 0.6) is 5.75 Å². The number of hydrogen-bond acceptors (Lipinski definition) is 4. The third-order valence-electron chi connectivity index (χ3n) is 3.48. The summed E-state index contributed by atoms with van der Waals surface area (Å²) in [7, 11) is 1.62. The van der Waals surface area contributed by atoms with Crippen molar-refractivity contribution < 1.29 is 14.3 Å². The smallest absolute Gasteiger partial charge is 0.336 e. The van der Waals surface area contributed by atoms with E-state index in [1.807, 2.05) is 18.2 Å². The average Bonchev–Trinajstić information content (AvgIpc) is 2.60. The lowest BCUT2D eigenvalue weighted by atomic mass is 10.1. The van der Waals surface area contributed by atoms with Gasteiger partial charge in [0.15, 0.2) is 0 Å². The Morgan fingerprint density at radius 2 is 2.00 bits per heavy atom. The number of esters is 1. The van der Waals surface area contributed by atoms with Gasteiger partial charge in [0.2, 0.25) is 0 Å². The Kier molecular flexibility index (Phi) is 8.14. The molecule has 1 aromatic rings.